The Morgan fingerprint density at radius 2 is 1.74 bits per heavy atom. The lowest BCUT2D eigenvalue weighted by molar-refractivity contribution is 0.0954. The van der Waals surface area contributed by atoms with Gasteiger partial charge < -0.3 is 10.4 Å². The van der Waals surface area contributed by atoms with Gasteiger partial charge in [-0.25, -0.2) is 5.43 Å². The zero-order valence-corrected chi connectivity index (χ0v) is 17.1. The molecule has 0 spiro atoms. The maximum Gasteiger partial charge on any atom is 0.271 e. The van der Waals surface area contributed by atoms with E-state index in [1.165, 1.54) is 6.21 Å². The minimum Gasteiger partial charge on any atom is -0.507 e. The molecule has 0 bridgehead atoms. The number of phenolic OH excluding ortho intramolecular Hbond substituents is 1. The summed E-state index contributed by atoms with van der Waals surface area (Å²) in [5, 5.41) is 17.0. The summed E-state index contributed by atoms with van der Waals surface area (Å²) in [5.41, 5.74) is 6.10. The third-order valence-electron chi connectivity index (χ3n) is 4.68. The quantitative estimate of drug-likeness (QED) is 0.304. The Labute approximate surface area is 180 Å². The van der Waals surface area contributed by atoms with Crippen molar-refractivity contribution in [2.45, 2.75) is 13.3 Å². The number of aryl methyl sites for hydroxylation is 1. The number of allylic oxidation sites excluding steroid dienone is 1. The second kappa shape index (κ2) is 10.0. The van der Waals surface area contributed by atoms with Gasteiger partial charge in [-0.2, -0.15) is 5.10 Å². The number of anilines is 1. The van der Waals surface area contributed by atoms with E-state index in [0.29, 0.717) is 28.8 Å². The van der Waals surface area contributed by atoms with Crippen LogP contribution in [0.15, 0.2) is 84.5 Å². The Morgan fingerprint density at radius 3 is 2.45 bits per heavy atom. The van der Waals surface area contributed by atoms with E-state index in [1.54, 1.807) is 54.6 Å². The Bertz CT molecular complexity index is 1140. The molecule has 0 aromatic heterocycles. The van der Waals surface area contributed by atoms with Crippen molar-refractivity contribution in [2.75, 3.05) is 5.32 Å². The Balaban J connectivity index is 1.61. The average Bonchev–Trinajstić information content (AvgIpc) is 2.77. The SMILES string of the molecule is C=CCc1cccc(/C=N\NC(=O)c2ccc(NC(=O)c3ccccc3C)cc2)c1O. The molecule has 0 radical (unpaired) electrons. The first-order valence-corrected chi connectivity index (χ1v) is 9.72. The zero-order valence-electron chi connectivity index (χ0n) is 17.1. The number of carbonyl (C=O) groups excluding carboxylic acids is 2. The molecule has 156 valence electrons. The fourth-order valence-electron chi connectivity index (χ4n) is 2.99. The number of hydrogen-bond donors (Lipinski definition) is 3. The van der Waals surface area contributed by atoms with Gasteiger partial charge in [-0.1, -0.05) is 36.4 Å². The number of para-hydroxylation sites is 1. The molecule has 0 aliphatic heterocycles. The molecule has 3 rings (SSSR count). The number of benzene rings is 3. The van der Waals surface area contributed by atoms with Gasteiger partial charge >= 0.3 is 0 Å². The molecule has 0 saturated carbocycles. The van der Waals surface area contributed by atoms with Crippen molar-refractivity contribution < 1.29 is 14.7 Å². The average molecular weight is 413 g/mol. The summed E-state index contributed by atoms with van der Waals surface area (Å²) in [7, 11) is 0. The monoisotopic (exact) mass is 413 g/mol. The third-order valence-corrected chi connectivity index (χ3v) is 4.68. The first-order chi connectivity index (χ1) is 15.0. The lowest BCUT2D eigenvalue weighted by Gasteiger charge is -2.08. The van der Waals surface area contributed by atoms with E-state index in [1.807, 2.05) is 25.1 Å². The molecule has 2 amide bonds. The molecule has 0 unspecified atom stereocenters. The summed E-state index contributed by atoms with van der Waals surface area (Å²) in [6.07, 6.45) is 3.62. The number of nitrogens with zero attached hydrogens (tertiary/aromatic N) is 1. The van der Waals surface area contributed by atoms with Crippen LogP contribution in [0, 0.1) is 6.92 Å². The van der Waals surface area contributed by atoms with Gasteiger partial charge in [0.25, 0.3) is 11.8 Å². The van der Waals surface area contributed by atoms with Crippen LogP contribution in [0.4, 0.5) is 5.69 Å². The fourth-order valence-corrected chi connectivity index (χ4v) is 2.99. The number of carbonyl (C=O) groups is 2. The smallest absolute Gasteiger partial charge is 0.271 e. The minimum atomic E-state index is -0.408. The molecular formula is C25H23N3O3. The minimum absolute atomic E-state index is 0.106. The van der Waals surface area contributed by atoms with E-state index in [-0.39, 0.29) is 11.7 Å². The number of rotatable bonds is 7. The van der Waals surface area contributed by atoms with Crippen molar-refractivity contribution in [3.05, 3.63) is 107 Å². The van der Waals surface area contributed by atoms with E-state index in [0.717, 1.165) is 11.1 Å². The van der Waals surface area contributed by atoms with Crippen molar-refractivity contribution in [1.82, 2.24) is 5.43 Å². The number of aromatic hydroxyl groups is 1. The van der Waals surface area contributed by atoms with Gasteiger partial charge in [0.05, 0.1) is 6.21 Å². The Kier molecular flexibility index (Phi) is 6.96. The molecule has 3 N–H and O–H groups in total. The van der Waals surface area contributed by atoms with Crippen molar-refractivity contribution in [3.63, 3.8) is 0 Å². The highest BCUT2D eigenvalue weighted by atomic mass is 16.3. The predicted molar refractivity (Wildman–Crippen MR) is 123 cm³/mol. The van der Waals surface area contributed by atoms with E-state index in [4.69, 9.17) is 0 Å². The number of hydrazone groups is 1. The van der Waals surface area contributed by atoms with Crippen LogP contribution < -0.4 is 10.7 Å². The normalized spacial score (nSPS) is 10.6. The highest BCUT2D eigenvalue weighted by molar-refractivity contribution is 6.05. The lowest BCUT2D eigenvalue weighted by Crippen LogP contribution is -2.18. The van der Waals surface area contributed by atoms with E-state index >= 15 is 0 Å². The number of amides is 2. The van der Waals surface area contributed by atoms with Crippen LogP contribution in [-0.2, 0) is 6.42 Å². The molecule has 6 heteroatoms. The molecule has 3 aromatic carbocycles. The van der Waals surface area contributed by atoms with E-state index < -0.39 is 5.91 Å². The molecular weight excluding hydrogens is 390 g/mol. The molecule has 0 aliphatic carbocycles. The largest absolute Gasteiger partial charge is 0.507 e. The molecule has 0 heterocycles. The van der Waals surface area contributed by atoms with Crippen LogP contribution >= 0.6 is 0 Å². The van der Waals surface area contributed by atoms with Crippen LogP contribution in [0.1, 0.15) is 37.4 Å². The second-order valence-electron chi connectivity index (χ2n) is 6.89. The summed E-state index contributed by atoms with van der Waals surface area (Å²) in [5.74, 6) is -0.512. The summed E-state index contributed by atoms with van der Waals surface area (Å²) in [6.45, 7) is 5.54. The van der Waals surface area contributed by atoms with Crippen molar-refractivity contribution >= 4 is 23.7 Å². The molecule has 0 aliphatic rings. The molecule has 0 atom stereocenters. The van der Waals surface area contributed by atoms with E-state index in [2.05, 4.69) is 22.4 Å². The maximum absolute atomic E-state index is 12.4. The second-order valence-corrected chi connectivity index (χ2v) is 6.89. The first-order valence-electron chi connectivity index (χ1n) is 9.72. The lowest BCUT2D eigenvalue weighted by atomic mass is 10.1. The highest BCUT2D eigenvalue weighted by Gasteiger charge is 2.10. The van der Waals surface area contributed by atoms with Crippen LogP contribution in [-0.4, -0.2) is 23.1 Å². The van der Waals surface area contributed by atoms with Crippen LogP contribution in [0.3, 0.4) is 0 Å². The highest BCUT2D eigenvalue weighted by Crippen LogP contribution is 2.21. The summed E-state index contributed by atoms with van der Waals surface area (Å²) < 4.78 is 0. The predicted octanol–water partition coefficient (Wildman–Crippen LogP) is 4.45. The third kappa shape index (κ3) is 5.45. The Morgan fingerprint density at radius 1 is 1.00 bits per heavy atom. The standard InChI is InChI=1S/C25H23N3O3/c1-3-7-18-9-6-10-20(23(18)29)16-26-28-24(30)19-12-14-21(15-13-19)27-25(31)22-11-5-4-8-17(22)2/h3-6,8-16,29H,1,7H2,2H3,(H,27,31)(H,28,30)/b26-16-. The first kappa shape index (κ1) is 21.5. The molecule has 3 aromatic rings. The van der Waals surface area contributed by atoms with Crippen LogP contribution in [0.2, 0.25) is 0 Å². The fraction of sp³-hybridized carbons (Fsp3) is 0.0800. The van der Waals surface area contributed by atoms with Gasteiger partial charge in [-0.05, 0) is 60.9 Å². The van der Waals surface area contributed by atoms with Gasteiger partial charge in [0.15, 0.2) is 0 Å². The van der Waals surface area contributed by atoms with Crippen molar-refractivity contribution in [1.29, 1.82) is 0 Å². The van der Waals surface area contributed by atoms with Gasteiger partial charge in [-0.15, -0.1) is 6.58 Å². The zero-order chi connectivity index (χ0) is 22.2. The van der Waals surface area contributed by atoms with Crippen LogP contribution in [0.5, 0.6) is 5.75 Å². The Hall–Kier alpha value is -4.19. The molecule has 0 saturated heterocycles. The van der Waals surface area contributed by atoms with Gasteiger partial charge in [0, 0.05) is 22.4 Å². The molecule has 0 fully saturated rings. The van der Waals surface area contributed by atoms with Crippen molar-refractivity contribution in [2.24, 2.45) is 5.10 Å². The molecule has 6 nitrogen and oxygen atoms in total. The number of hydrogen-bond acceptors (Lipinski definition) is 4. The number of phenols is 1. The summed E-state index contributed by atoms with van der Waals surface area (Å²) in [4.78, 5) is 24.7. The van der Waals surface area contributed by atoms with Gasteiger partial charge in [-0.3, -0.25) is 9.59 Å². The van der Waals surface area contributed by atoms with Gasteiger partial charge in [0.1, 0.15) is 5.75 Å². The maximum atomic E-state index is 12.4. The van der Waals surface area contributed by atoms with Crippen molar-refractivity contribution in [3.8, 4) is 5.75 Å². The topological polar surface area (TPSA) is 90.8 Å². The van der Waals surface area contributed by atoms with E-state index in [9.17, 15) is 14.7 Å². The summed E-state index contributed by atoms with van der Waals surface area (Å²) in [6, 6.07) is 19.1. The number of nitrogens with one attached hydrogen (secondary N) is 2. The molecule has 31 heavy (non-hydrogen) atoms. The van der Waals surface area contributed by atoms with Gasteiger partial charge in [0.2, 0.25) is 0 Å². The van der Waals surface area contributed by atoms with Crippen LogP contribution in [0.25, 0.3) is 0 Å². The summed E-state index contributed by atoms with van der Waals surface area (Å²) >= 11 is 0.